The topological polar surface area (TPSA) is 157 Å². The lowest BCUT2D eigenvalue weighted by Crippen LogP contribution is -2.33. The Bertz CT molecular complexity index is 1530. The van der Waals surface area contributed by atoms with E-state index >= 15 is 0 Å². The van der Waals surface area contributed by atoms with Crippen LogP contribution >= 0.6 is 0 Å². The number of amides is 1. The largest absolute Gasteiger partial charge is 0.444 e. The molecule has 0 aliphatic carbocycles. The quantitative estimate of drug-likeness (QED) is 0.297. The second-order valence-electron chi connectivity index (χ2n) is 10.6. The molecular formula is C30H36N8O3. The molecule has 0 fully saturated rings. The van der Waals surface area contributed by atoms with E-state index < -0.39 is 17.1 Å². The first-order valence-electron chi connectivity index (χ1n) is 13.2. The maximum absolute atomic E-state index is 12.2. The number of aromatic nitrogens is 5. The summed E-state index contributed by atoms with van der Waals surface area (Å²) >= 11 is 0. The van der Waals surface area contributed by atoms with Crippen LogP contribution in [-0.4, -0.2) is 48.8 Å². The van der Waals surface area contributed by atoms with Crippen molar-refractivity contribution in [2.75, 3.05) is 12.8 Å². The minimum Gasteiger partial charge on any atom is -0.444 e. The lowest BCUT2D eigenvalue weighted by atomic mass is 9.90. The van der Waals surface area contributed by atoms with Gasteiger partial charge in [0, 0.05) is 30.9 Å². The molecule has 0 aliphatic heterocycles. The molecule has 0 spiro atoms. The first kappa shape index (κ1) is 30.7. The normalized spacial score (nSPS) is 11.2. The van der Waals surface area contributed by atoms with Crippen molar-refractivity contribution >= 4 is 11.9 Å². The highest BCUT2D eigenvalue weighted by atomic mass is 16.6. The smallest absolute Gasteiger partial charge is 0.410 e. The Balaban J connectivity index is 0.00000226. The monoisotopic (exact) mass is 556 g/mol. The third kappa shape index (κ3) is 7.63. The van der Waals surface area contributed by atoms with E-state index in [4.69, 9.17) is 14.9 Å². The number of carbonyl (C=O) groups excluding carboxylic acids is 1. The summed E-state index contributed by atoms with van der Waals surface area (Å²) in [6, 6.07) is 13.2. The molecule has 0 atom stereocenters. The minimum atomic E-state index is -0.762. The lowest BCUT2D eigenvalue weighted by Gasteiger charge is -2.24. The molecular weight excluding hydrogens is 520 g/mol. The fourth-order valence-corrected chi connectivity index (χ4v) is 3.55. The molecule has 4 aromatic rings. The molecule has 0 radical (unpaired) electrons. The molecule has 2 N–H and O–H groups in total. The summed E-state index contributed by atoms with van der Waals surface area (Å²) in [5, 5.41) is 17.7. The Morgan fingerprint density at radius 2 is 1.68 bits per heavy atom. The van der Waals surface area contributed by atoms with Gasteiger partial charge < -0.3 is 19.8 Å². The van der Waals surface area contributed by atoms with Gasteiger partial charge in [0.1, 0.15) is 5.60 Å². The van der Waals surface area contributed by atoms with E-state index in [0.717, 1.165) is 11.1 Å². The Morgan fingerprint density at radius 3 is 2.32 bits per heavy atom. The molecule has 0 aliphatic rings. The number of nitriles is 1. The number of pyridine rings is 1. The van der Waals surface area contributed by atoms with Crippen molar-refractivity contribution < 1.29 is 13.9 Å². The maximum Gasteiger partial charge on any atom is 0.410 e. The summed E-state index contributed by atoms with van der Waals surface area (Å²) in [6.07, 6.45) is 2.77. The average molecular weight is 557 g/mol. The number of nitrogens with zero attached hydrogens (tertiary/aromatic N) is 7. The van der Waals surface area contributed by atoms with Crippen LogP contribution in [0.5, 0.6) is 0 Å². The number of nitrogen functional groups attached to an aromatic ring is 1. The number of carbonyl (C=O) groups is 1. The zero-order valence-electron chi connectivity index (χ0n) is 24.8. The minimum absolute atomic E-state index is 0.122. The van der Waals surface area contributed by atoms with Crippen LogP contribution in [0.2, 0.25) is 0 Å². The number of nitrogens with two attached hydrogens (primary N) is 1. The zero-order valence-corrected chi connectivity index (χ0v) is 24.8. The van der Waals surface area contributed by atoms with Crippen LogP contribution in [0.3, 0.4) is 0 Å². The van der Waals surface area contributed by atoms with Gasteiger partial charge in [-0.1, -0.05) is 26.0 Å². The van der Waals surface area contributed by atoms with Crippen LogP contribution in [0.15, 0.2) is 53.2 Å². The highest BCUT2D eigenvalue weighted by Crippen LogP contribution is 2.29. The number of hydrogen-bond donors (Lipinski definition) is 1. The van der Waals surface area contributed by atoms with Crippen molar-refractivity contribution in [3.8, 4) is 40.4 Å². The van der Waals surface area contributed by atoms with Gasteiger partial charge in [-0.15, -0.1) is 10.2 Å². The van der Waals surface area contributed by atoms with Gasteiger partial charge in [-0.2, -0.15) is 5.26 Å². The van der Waals surface area contributed by atoms with Crippen LogP contribution in [0.1, 0.15) is 59.7 Å². The van der Waals surface area contributed by atoms with E-state index in [1.807, 2.05) is 58.9 Å². The lowest BCUT2D eigenvalue weighted by molar-refractivity contribution is 0.0285. The van der Waals surface area contributed by atoms with Gasteiger partial charge in [-0.3, -0.25) is 4.98 Å². The van der Waals surface area contributed by atoms with Gasteiger partial charge in [0.25, 0.3) is 5.89 Å². The standard InChI is InChI=1S/C28H30N8O3.C2H6/c1-27(2,3)39-26(37)36(6)15-17-7-9-18(10-8-17)24-34-35-25(38-24)22-23(30)32-14-20(33-22)19-11-12-31-21(13-19)28(4,5)16-29;1-2/h7-14H,15H2,1-6H3,(H2,30,32);1-2H3. The molecule has 1 aromatic carbocycles. The molecule has 0 saturated heterocycles. The highest BCUT2D eigenvalue weighted by Gasteiger charge is 2.23. The van der Waals surface area contributed by atoms with Crippen LogP contribution in [-0.2, 0) is 16.7 Å². The molecule has 3 heterocycles. The molecule has 11 heteroatoms. The predicted molar refractivity (Wildman–Crippen MR) is 156 cm³/mol. The third-order valence-corrected chi connectivity index (χ3v) is 5.73. The Hall–Kier alpha value is -4.85. The van der Waals surface area contributed by atoms with Crippen molar-refractivity contribution in [2.45, 2.75) is 66.0 Å². The van der Waals surface area contributed by atoms with Gasteiger partial charge in [0.2, 0.25) is 5.89 Å². The molecule has 0 bridgehead atoms. The van der Waals surface area contributed by atoms with Crippen molar-refractivity contribution in [1.29, 1.82) is 5.26 Å². The number of ether oxygens (including phenoxy) is 1. The van der Waals surface area contributed by atoms with Crippen LogP contribution in [0.25, 0.3) is 34.3 Å². The van der Waals surface area contributed by atoms with Crippen molar-refractivity contribution in [3.63, 3.8) is 0 Å². The molecule has 1 amide bonds. The SMILES string of the molecule is CC.CN(Cc1ccc(-c2nnc(-c3nc(-c4ccnc(C(C)(C)C#N)c4)cnc3N)o2)cc1)C(=O)OC(C)(C)C. The fraction of sp³-hybridized carbons (Fsp3) is 0.367. The molecule has 214 valence electrons. The van der Waals surface area contributed by atoms with Crippen molar-refractivity contribution in [2.24, 2.45) is 0 Å². The summed E-state index contributed by atoms with van der Waals surface area (Å²) in [5.41, 5.74) is 8.49. The van der Waals surface area contributed by atoms with E-state index in [1.165, 1.54) is 4.90 Å². The number of rotatable bonds is 6. The number of anilines is 1. The molecule has 41 heavy (non-hydrogen) atoms. The van der Waals surface area contributed by atoms with E-state index in [2.05, 4.69) is 31.2 Å². The van der Waals surface area contributed by atoms with E-state index in [-0.39, 0.29) is 23.3 Å². The fourth-order valence-electron chi connectivity index (χ4n) is 3.55. The summed E-state index contributed by atoms with van der Waals surface area (Å²) in [6.45, 7) is 13.5. The highest BCUT2D eigenvalue weighted by molar-refractivity contribution is 5.69. The van der Waals surface area contributed by atoms with Gasteiger partial charge in [-0.25, -0.2) is 14.8 Å². The predicted octanol–water partition coefficient (Wildman–Crippen LogP) is 6.03. The molecule has 0 saturated carbocycles. The summed E-state index contributed by atoms with van der Waals surface area (Å²) in [4.78, 5) is 26.9. The summed E-state index contributed by atoms with van der Waals surface area (Å²) in [7, 11) is 1.68. The number of benzene rings is 1. The van der Waals surface area contributed by atoms with E-state index in [0.29, 0.717) is 23.5 Å². The second-order valence-corrected chi connectivity index (χ2v) is 10.6. The van der Waals surface area contributed by atoms with Gasteiger partial charge in [-0.05, 0) is 64.4 Å². The molecule has 3 aromatic heterocycles. The first-order chi connectivity index (χ1) is 19.4. The van der Waals surface area contributed by atoms with Crippen LogP contribution in [0, 0.1) is 11.3 Å². The van der Waals surface area contributed by atoms with E-state index in [9.17, 15) is 10.1 Å². The second kappa shape index (κ2) is 12.6. The Morgan fingerprint density at radius 1 is 1.02 bits per heavy atom. The molecule has 11 nitrogen and oxygen atoms in total. The van der Waals surface area contributed by atoms with E-state index in [1.54, 1.807) is 45.4 Å². The van der Waals surface area contributed by atoms with Gasteiger partial charge in [0.15, 0.2) is 11.5 Å². The Labute approximate surface area is 240 Å². The molecule has 4 rings (SSSR count). The van der Waals surface area contributed by atoms with Crippen molar-refractivity contribution in [1.82, 2.24) is 30.0 Å². The maximum atomic E-state index is 12.2. The number of hydrogen-bond acceptors (Lipinski definition) is 10. The first-order valence-corrected chi connectivity index (χ1v) is 13.2. The van der Waals surface area contributed by atoms with Gasteiger partial charge in [0.05, 0.1) is 29.1 Å². The van der Waals surface area contributed by atoms with Crippen molar-refractivity contribution in [3.05, 3.63) is 60.0 Å². The van der Waals surface area contributed by atoms with Crippen LogP contribution < -0.4 is 5.73 Å². The van der Waals surface area contributed by atoms with Crippen LogP contribution in [0.4, 0.5) is 10.6 Å². The molecule has 0 unspecified atom stereocenters. The Kier molecular flexibility index (Phi) is 9.39. The third-order valence-electron chi connectivity index (χ3n) is 5.73. The zero-order chi connectivity index (χ0) is 30.4. The summed E-state index contributed by atoms with van der Waals surface area (Å²) in [5.74, 6) is 0.545. The average Bonchev–Trinajstić information content (AvgIpc) is 3.44. The van der Waals surface area contributed by atoms with Gasteiger partial charge >= 0.3 is 6.09 Å². The summed E-state index contributed by atoms with van der Waals surface area (Å²) < 4.78 is 11.3.